The van der Waals surface area contributed by atoms with Crippen molar-refractivity contribution < 1.29 is 9.59 Å². The van der Waals surface area contributed by atoms with Gasteiger partial charge in [0.25, 0.3) is 0 Å². The van der Waals surface area contributed by atoms with E-state index in [1.54, 1.807) is 0 Å². The predicted octanol–water partition coefficient (Wildman–Crippen LogP) is 2.93. The van der Waals surface area contributed by atoms with Crippen molar-refractivity contribution in [2.24, 2.45) is 5.41 Å². The van der Waals surface area contributed by atoms with Crippen LogP contribution in [0.25, 0.3) is 10.9 Å². The number of rotatable bonds is 4. The molecule has 2 saturated heterocycles. The summed E-state index contributed by atoms with van der Waals surface area (Å²) >= 11 is 0. The minimum absolute atomic E-state index is 0.0906. The molecule has 5 heteroatoms. The van der Waals surface area contributed by atoms with Crippen molar-refractivity contribution in [2.45, 2.75) is 25.9 Å². The molecule has 0 bridgehead atoms. The zero-order chi connectivity index (χ0) is 19.1. The molecule has 28 heavy (non-hydrogen) atoms. The van der Waals surface area contributed by atoms with Crippen LogP contribution in [-0.4, -0.2) is 34.4 Å². The Bertz CT molecular complexity index is 1060. The molecule has 5 rings (SSSR count). The first-order chi connectivity index (χ1) is 13.6. The first kappa shape index (κ1) is 17.2. The van der Waals surface area contributed by atoms with Crippen LogP contribution in [0, 0.1) is 5.41 Å². The Morgan fingerprint density at radius 3 is 2.61 bits per heavy atom. The van der Waals surface area contributed by atoms with Gasteiger partial charge in [-0.1, -0.05) is 42.5 Å². The van der Waals surface area contributed by atoms with Gasteiger partial charge in [0, 0.05) is 37.8 Å². The van der Waals surface area contributed by atoms with Gasteiger partial charge in [-0.25, -0.2) is 0 Å². The number of hydrogen-bond donors (Lipinski definition) is 1. The van der Waals surface area contributed by atoms with E-state index in [0.29, 0.717) is 13.0 Å². The second-order valence-corrected chi connectivity index (χ2v) is 8.12. The van der Waals surface area contributed by atoms with Crippen LogP contribution in [-0.2, 0) is 22.7 Å². The summed E-state index contributed by atoms with van der Waals surface area (Å²) < 4.78 is 2.28. The molecule has 3 heterocycles. The fraction of sp³-hybridized carbons (Fsp3) is 0.304. The van der Waals surface area contributed by atoms with Crippen molar-refractivity contribution >= 4 is 22.7 Å². The molecule has 1 aromatic heterocycles. The van der Waals surface area contributed by atoms with E-state index in [1.165, 1.54) is 22.0 Å². The molecule has 0 saturated carbocycles. The molecule has 2 amide bonds. The number of aromatic nitrogens is 1. The van der Waals surface area contributed by atoms with Crippen molar-refractivity contribution in [3.63, 3.8) is 0 Å². The van der Waals surface area contributed by atoms with Crippen LogP contribution in [0.5, 0.6) is 0 Å². The van der Waals surface area contributed by atoms with Crippen molar-refractivity contribution in [3.05, 3.63) is 71.9 Å². The Balaban J connectivity index is 1.35. The van der Waals surface area contributed by atoms with Gasteiger partial charge < -0.3 is 4.57 Å². The molecule has 2 fully saturated rings. The number of imide groups is 1. The van der Waals surface area contributed by atoms with Crippen LogP contribution in [0.1, 0.15) is 24.0 Å². The largest absolute Gasteiger partial charge is 0.343 e. The smallest absolute Gasteiger partial charge is 0.234 e. The topological polar surface area (TPSA) is 54.3 Å². The summed E-state index contributed by atoms with van der Waals surface area (Å²) in [6, 6.07) is 19.2. The normalized spacial score (nSPS) is 22.4. The highest BCUT2D eigenvalue weighted by molar-refractivity contribution is 6.06. The minimum Gasteiger partial charge on any atom is -0.343 e. The van der Waals surface area contributed by atoms with Gasteiger partial charge in [0.15, 0.2) is 0 Å². The molecule has 5 nitrogen and oxygen atoms in total. The summed E-state index contributed by atoms with van der Waals surface area (Å²) in [4.78, 5) is 26.1. The molecule has 0 aliphatic carbocycles. The number of amides is 2. The van der Waals surface area contributed by atoms with Crippen LogP contribution in [0.3, 0.4) is 0 Å². The SMILES string of the molecule is O=C1C[C@@]2(CCN(Cc3ccc4ccn(Cc5ccccc5)c4c3)C2)C(=O)N1. The van der Waals surface area contributed by atoms with E-state index in [2.05, 4.69) is 69.5 Å². The number of benzene rings is 2. The van der Waals surface area contributed by atoms with Gasteiger partial charge in [0.1, 0.15) is 0 Å². The number of carbonyl (C=O) groups is 2. The van der Waals surface area contributed by atoms with Gasteiger partial charge in [-0.2, -0.15) is 0 Å². The number of hydrogen-bond acceptors (Lipinski definition) is 3. The number of likely N-dealkylation sites (tertiary alicyclic amines) is 1. The maximum atomic E-state index is 12.2. The molecular weight excluding hydrogens is 350 g/mol. The van der Waals surface area contributed by atoms with E-state index >= 15 is 0 Å². The highest BCUT2D eigenvalue weighted by atomic mass is 16.2. The molecule has 3 aromatic rings. The number of nitrogens with one attached hydrogen (secondary N) is 1. The van der Waals surface area contributed by atoms with E-state index in [-0.39, 0.29) is 11.8 Å². The number of carbonyl (C=O) groups excluding carboxylic acids is 2. The summed E-state index contributed by atoms with van der Waals surface area (Å²) in [6.45, 7) is 3.16. The van der Waals surface area contributed by atoms with Crippen molar-refractivity contribution in [1.82, 2.24) is 14.8 Å². The second kappa shape index (κ2) is 6.60. The van der Waals surface area contributed by atoms with Crippen LogP contribution in [0.4, 0.5) is 0 Å². The summed E-state index contributed by atoms with van der Waals surface area (Å²) in [7, 11) is 0. The quantitative estimate of drug-likeness (QED) is 0.716. The second-order valence-electron chi connectivity index (χ2n) is 8.12. The summed E-state index contributed by atoms with van der Waals surface area (Å²) in [5.74, 6) is -0.223. The molecule has 1 atom stereocenters. The number of fused-ring (bicyclic) bond motifs is 1. The van der Waals surface area contributed by atoms with E-state index in [9.17, 15) is 9.59 Å². The third-order valence-electron chi connectivity index (χ3n) is 6.11. The fourth-order valence-electron chi connectivity index (χ4n) is 4.62. The average Bonchev–Trinajstić information content (AvgIpc) is 3.35. The Hall–Kier alpha value is -2.92. The molecule has 2 aliphatic heterocycles. The first-order valence-electron chi connectivity index (χ1n) is 9.80. The average molecular weight is 373 g/mol. The predicted molar refractivity (Wildman–Crippen MR) is 108 cm³/mol. The maximum absolute atomic E-state index is 12.2. The minimum atomic E-state index is -0.505. The maximum Gasteiger partial charge on any atom is 0.234 e. The van der Waals surface area contributed by atoms with Gasteiger partial charge >= 0.3 is 0 Å². The molecule has 0 radical (unpaired) electrons. The van der Waals surface area contributed by atoms with E-state index in [1.807, 2.05) is 6.07 Å². The van der Waals surface area contributed by atoms with E-state index in [0.717, 1.165) is 26.1 Å². The van der Waals surface area contributed by atoms with Crippen molar-refractivity contribution in [3.8, 4) is 0 Å². The van der Waals surface area contributed by atoms with Crippen LogP contribution in [0.2, 0.25) is 0 Å². The van der Waals surface area contributed by atoms with Gasteiger partial charge in [0.05, 0.1) is 5.41 Å². The molecule has 1 spiro atoms. The zero-order valence-corrected chi connectivity index (χ0v) is 15.7. The fourth-order valence-corrected chi connectivity index (χ4v) is 4.62. The Kier molecular flexibility index (Phi) is 4.05. The summed E-state index contributed by atoms with van der Waals surface area (Å²) in [5, 5.41) is 3.71. The van der Waals surface area contributed by atoms with Crippen LogP contribution in [0.15, 0.2) is 60.8 Å². The Morgan fingerprint density at radius 1 is 0.964 bits per heavy atom. The standard InChI is InChI=1S/C23H23N3O2/c27-21-13-23(22(28)24-21)9-11-25(16-23)14-18-6-7-19-8-10-26(20(19)12-18)15-17-4-2-1-3-5-17/h1-8,10,12H,9,11,13-16H2,(H,24,27,28)/t23-/m1/s1. The molecular formula is C23H23N3O2. The van der Waals surface area contributed by atoms with Crippen LogP contribution < -0.4 is 5.32 Å². The Morgan fingerprint density at radius 2 is 1.82 bits per heavy atom. The van der Waals surface area contributed by atoms with Crippen LogP contribution >= 0.6 is 0 Å². The lowest BCUT2D eigenvalue weighted by Crippen LogP contribution is -2.34. The highest BCUT2D eigenvalue weighted by Gasteiger charge is 2.50. The van der Waals surface area contributed by atoms with Crippen molar-refractivity contribution in [2.75, 3.05) is 13.1 Å². The van der Waals surface area contributed by atoms with Gasteiger partial charge in [-0.05, 0) is 41.6 Å². The van der Waals surface area contributed by atoms with E-state index < -0.39 is 5.41 Å². The molecule has 1 N–H and O–H groups in total. The first-order valence-corrected chi connectivity index (χ1v) is 9.80. The lowest BCUT2D eigenvalue weighted by Gasteiger charge is -2.20. The zero-order valence-electron chi connectivity index (χ0n) is 15.7. The molecule has 142 valence electrons. The van der Waals surface area contributed by atoms with Gasteiger partial charge in [0.2, 0.25) is 11.8 Å². The third kappa shape index (κ3) is 3.02. The third-order valence-corrected chi connectivity index (χ3v) is 6.11. The van der Waals surface area contributed by atoms with Crippen molar-refractivity contribution in [1.29, 1.82) is 0 Å². The van der Waals surface area contributed by atoms with Gasteiger partial charge in [-0.3, -0.25) is 19.8 Å². The Labute approximate surface area is 163 Å². The summed E-state index contributed by atoms with van der Waals surface area (Å²) in [6.07, 6.45) is 3.24. The highest BCUT2D eigenvalue weighted by Crippen LogP contribution is 2.38. The van der Waals surface area contributed by atoms with Gasteiger partial charge in [-0.15, -0.1) is 0 Å². The summed E-state index contributed by atoms with van der Waals surface area (Å²) in [5.41, 5.74) is 3.24. The number of nitrogens with zero attached hydrogens (tertiary/aromatic N) is 2. The lowest BCUT2D eigenvalue weighted by molar-refractivity contribution is -0.128. The molecule has 2 aliphatic rings. The lowest BCUT2D eigenvalue weighted by atomic mass is 9.85. The monoisotopic (exact) mass is 373 g/mol. The molecule has 2 aromatic carbocycles. The molecule has 0 unspecified atom stereocenters. The van der Waals surface area contributed by atoms with E-state index in [4.69, 9.17) is 0 Å².